The minimum absolute atomic E-state index is 0.297. The summed E-state index contributed by atoms with van der Waals surface area (Å²) in [6, 6.07) is -0.389. The van der Waals surface area contributed by atoms with Gasteiger partial charge in [-0.3, -0.25) is 4.99 Å². The van der Waals surface area contributed by atoms with Gasteiger partial charge in [0.05, 0.1) is 7.11 Å². The first kappa shape index (κ1) is 10.1. The highest BCUT2D eigenvalue weighted by Gasteiger charge is 2.17. The molecular weight excluding hydrogens is 142 g/mol. The van der Waals surface area contributed by atoms with Crippen molar-refractivity contribution in [1.82, 2.24) is 0 Å². The lowest BCUT2D eigenvalue weighted by Gasteiger charge is -2.10. The minimum Gasteiger partial charge on any atom is -0.467 e. The van der Waals surface area contributed by atoms with Crippen molar-refractivity contribution in [2.24, 2.45) is 10.9 Å². The molecule has 0 heterocycles. The molecule has 0 bridgehead atoms. The Morgan fingerprint density at radius 1 is 1.64 bits per heavy atom. The van der Waals surface area contributed by atoms with Crippen LogP contribution in [0.4, 0.5) is 0 Å². The van der Waals surface area contributed by atoms with E-state index in [-0.39, 0.29) is 12.0 Å². The first-order valence-corrected chi connectivity index (χ1v) is 3.65. The average Bonchev–Trinajstić information content (AvgIpc) is 1.98. The summed E-state index contributed by atoms with van der Waals surface area (Å²) in [7, 11) is 1.36. The fourth-order valence-electron chi connectivity index (χ4n) is 0.828. The number of methoxy groups -OCH3 is 1. The van der Waals surface area contributed by atoms with Crippen LogP contribution in [0.15, 0.2) is 4.99 Å². The summed E-state index contributed by atoms with van der Waals surface area (Å²) >= 11 is 0. The molecule has 0 rings (SSSR count). The lowest BCUT2D eigenvalue weighted by atomic mass is 10.0. The highest BCUT2D eigenvalue weighted by molar-refractivity contribution is 5.76. The standard InChI is InChI=1S/C8H15NO2/c1-6(2)5-7(9-3)8(10)11-4/h6-7H,3,5H2,1-2,4H3/t7-/m0/s1. The van der Waals surface area contributed by atoms with E-state index in [1.165, 1.54) is 7.11 Å². The molecule has 1 atom stereocenters. The van der Waals surface area contributed by atoms with E-state index >= 15 is 0 Å². The lowest BCUT2D eigenvalue weighted by molar-refractivity contribution is -0.142. The molecule has 64 valence electrons. The van der Waals surface area contributed by atoms with Gasteiger partial charge in [0.1, 0.15) is 6.04 Å². The van der Waals surface area contributed by atoms with Gasteiger partial charge in [-0.1, -0.05) is 13.8 Å². The maximum absolute atomic E-state index is 10.9. The van der Waals surface area contributed by atoms with Crippen molar-refractivity contribution in [2.75, 3.05) is 7.11 Å². The summed E-state index contributed by atoms with van der Waals surface area (Å²) in [4.78, 5) is 14.6. The lowest BCUT2D eigenvalue weighted by Crippen LogP contribution is -2.21. The molecule has 3 heteroatoms. The molecule has 0 spiro atoms. The SMILES string of the molecule is C=N[C@@H](CC(C)C)C(=O)OC. The molecule has 0 saturated heterocycles. The maximum Gasteiger partial charge on any atom is 0.330 e. The van der Waals surface area contributed by atoms with E-state index in [0.717, 1.165) is 0 Å². The zero-order valence-corrected chi connectivity index (χ0v) is 7.33. The van der Waals surface area contributed by atoms with Crippen molar-refractivity contribution in [3.63, 3.8) is 0 Å². The van der Waals surface area contributed by atoms with Crippen LogP contribution < -0.4 is 0 Å². The zero-order chi connectivity index (χ0) is 8.85. The maximum atomic E-state index is 10.9. The third-order valence-corrected chi connectivity index (χ3v) is 1.39. The molecule has 0 unspecified atom stereocenters. The van der Waals surface area contributed by atoms with E-state index in [4.69, 9.17) is 0 Å². The Morgan fingerprint density at radius 2 is 2.18 bits per heavy atom. The fourth-order valence-corrected chi connectivity index (χ4v) is 0.828. The van der Waals surface area contributed by atoms with Crippen LogP contribution in [0.3, 0.4) is 0 Å². The van der Waals surface area contributed by atoms with Gasteiger partial charge in [0.15, 0.2) is 0 Å². The number of hydrogen-bond donors (Lipinski definition) is 0. The number of ether oxygens (including phenoxy) is 1. The Bertz CT molecular complexity index is 143. The number of carbonyl (C=O) groups excluding carboxylic acids is 1. The molecule has 0 aliphatic rings. The summed E-state index contributed by atoms with van der Waals surface area (Å²) in [6.45, 7) is 7.39. The van der Waals surface area contributed by atoms with Gasteiger partial charge in [0, 0.05) is 0 Å². The molecular formula is C8H15NO2. The quantitative estimate of drug-likeness (QED) is 0.455. The van der Waals surface area contributed by atoms with Crippen LogP contribution >= 0.6 is 0 Å². The van der Waals surface area contributed by atoms with Gasteiger partial charge in [-0.05, 0) is 19.1 Å². The van der Waals surface area contributed by atoms with Gasteiger partial charge < -0.3 is 4.74 Å². The zero-order valence-electron chi connectivity index (χ0n) is 7.33. The third kappa shape index (κ3) is 3.75. The Morgan fingerprint density at radius 3 is 2.45 bits per heavy atom. The van der Waals surface area contributed by atoms with E-state index in [2.05, 4.69) is 16.4 Å². The molecule has 0 aliphatic heterocycles. The number of esters is 1. The predicted molar refractivity (Wildman–Crippen MR) is 44.8 cm³/mol. The third-order valence-electron chi connectivity index (χ3n) is 1.39. The topological polar surface area (TPSA) is 38.7 Å². The summed E-state index contributed by atoms with van der Waals surface area (Å²) in [5, 5.41) is 0. The normalized spacial score (nSPS) is 12.7. The Hall–Kier alpha value is -0.860. The van der Waals surface area contributed by atoms with Crippen molar-refractivity contribution in [3.8, 4) is 0 Å². The highest BCUT2D eigenvalue weighted by atomic mass is 16.5. The molecule has 0 aliphatic carbocycles. The molecule has 0 aromatic heterocycles. The van der Waals surface area contributed by atoms with Gasteiger partial charge in [-0.2, -0.15) is 0 Å². The summed E-state index contributed by atoms with van der Waals surface area (Å²) < 4.78 is 4.53. The van der Waals surface area contributed by atoms with Gasteiger partial charge >= 0.3 is 5.97 Å². The van der Waals surface area contributed by atoms with Crippen molar-refractivity contribution >= 4 is 12.7 Å². The number of aliphatic imine (C=N–C) groups is 1. The molecule has 3 nitrogen and oxygen atoms in total. The summed E-state index contributed by atoms with van der Waals surface area (Å²) in [5.41, 5.74) is 0. The van der Waals surface area contributed by atoms with Gasteiger partial charge in [0.25, 0.3) is 0 Å². The number of hydrogen-bond acceptors (Lipinski definition) is 3. The largest absolute Gasteiger partial charge is 0.467 e. The highest BCUT2D eigenvalue weighted by Crippen LogP contribution is 2.08. The van der Waals surface area contributed by atoms with E-state index in [1.54, 1.807) is 0 Å². The Labute approximate surface area is 67.5 Å². The smallest absolute Gasteiger partial charge is 0.330 e. The minimum atomic E-state index is -0.389. The Kier molecular flexibility index (Phi) is 4.50. The van der Waals surface area contributed by atoms with Crippen LogP contribution in [0.1, 0.15) is 20.3 Å². The van der Waals surface area contributed by atoms with Gasteiger partial charge in [-0.25, -0.2) is 4.79 Å². The molecule has 0 saturated carbocycles. The summed E-state index contributed by atoms with van der Waals surface area (Å²) in [5.74, 6) is 0.137. The van der Waals surface area contributed by atoms with Crippen molar-refractivity contribution < 1.29 is 9.53 Å². The van der Waals surface area contributed by atoms with Crippen molar-refractivity contribution in [1.29, 1.82) is 0 Å². The van der Waals surface area contributed by atoms with Crippen LogP contribution in [0.2, 0.25) is 0 Å². The Balaban J connectivity index is 3.95. The molecule has 0 aromatic carbocycles. The van der Waals surface area contributed by atoms with Gasteiger partial charge in [0.2, 0.25) is 0 Å². The number of nitrogens with zero attached hydrogens (tertiary/aromatic N) is 1. The van der Waals surface area contributed by atoms with E-state index in [1.807, 2.05) is 13.8 Å². The molecule has 0 fully saturated rings. The second-order valence-electron chi connectivity index (χ2n) is 2.85. The number of rotatable bonds is 4. The predicted octanol–water partition coefficient (Wildman–Crippen LogP) is 1.27. The molecule has 0 N–H and O–H groups in total. The molecule has 11 heavy (non-hydrogen) atoms. The number of carbonyl (C=O) groups is 1. The summed E-state index contributed by atoms with van der Waals surface area (Å²) in [6.07, 6.45) is 0.705. The molecule has 0 radical (unpaired) electrons. The van der Waals surface area contributed by atoms with Crippen LogP contribution in [0.5, 0.6) is 0 Å². The van der Waals surface area contributed by atoms with Gasteiger partial charge in [-0.15, -0.1) is 0 Å². The van der Waals surface area contributed by atoms with E-state index < -0.39 is 0 Å². The van der Waals surface area contributed by atoms with E-state index in [0.29, 0.717) is 12.3 Å². The second-order valence-corrected chi connectivity index (χ2v) is 2.85. The first-order chi connectivity index (χ1) is 5.11. The van der Waals surface area contributed by atoms with Crippen molar-refractivity contribution in [3.05, 3.63) is 0 Å². The van der Waals surface area contributed by atoms with E-state index in [9.17, 15) is 4.79 Å². The van der Waals surface area contributed by atoms with Crippen LogP contribution in [0.25, 0.3) is 0 Å². The average molecular weight is 157 g/mol. The van der Waals surface area contributed by atoms with Crippen LogP contribution in [-0.2, 0) is 9.53 Å². The van der Waals surface area contributed by atoms with Crippen LogP contribution in [-0.4, -0.2) is 25.8 Å². The fraction of sp³-hybridized carbons (Fsp3) is 0.750. The van der Waals surface area contributed by atoms with Crippen LogP contribution in [0, 0.1) is 5.92 Å². The molecule has 0 aromatic rings. The second kappa shape index (κ2) is 4.88. The molecule has 0 amide bonds. The van der Waals surface area contributed by atoms with Crippen molar-refractivity contribution in [2.45, 2.75) is 26.3 Å². The first-order valence-electron chi connectivity index (χ1n) is 3.65. The monoisotopic (exact) mass is 157 g/mol.